The number of halogens is 2. The zero-order valence-corrected chi connectivity index (χ0v) is 26.2. The van der Waals surface area contributed by atoms with Crippen molar-refractivity contribution in [1.82, 2.24) is 9.55 Å². The third kappa shape index (κ3) is 8.05. The van der Waals surface area contributed by atoms with E-state index in [2.05, 4.69) is 4.98 Å². The summed E-state index contributed by atoms with van der Waals surface area (Å²) in [7, 11) is -1.10. The topological polar surface area (TPSA) is 101 Å². The summed E-state index contributed by atoms with van der Waals surface area (Å²) < 4.78 is 37.6. The van der Waals surface area contributed by atoms with Crippen molar-refractivity contribution in [1.29, 1.82) is 0 Å². The van der Waals surface area contributed by atoms with Crippen LogP contribution in [-0.2, 0) is 42.8 Å². The molecule has 9 nitrogen and oxygen atoms in total. The SMILES string of the molecule is CCOC(=O)C(OS1=CCc2c1n(Cc1ccccc1)cnc2=Nc1ccc(OCc2cccc(F)c2)c(Cl)c1)C(=O)OCC. The van der Waals surface area contributed by atoms with Gasteiger partial charge in [-0.1, -0.05) is 54.1 Å². The predicted molar refractivity (Wildman–Crippen MR) is 169 cm³/mol. The molecule has 234 valence electrons. The molecule has 0 saturated heterocycles. The fourth-order valence-electron chi connectivity index (χ4n) is 4.55. The van der Waals surface area contributed by atoms with E-state index >= 15 is 0 Å². The van der Waals surface area contributed by atoms with E-state index in [1.165, 1.54) is 12.1 Å². The average Bonchev–Trinajstić information content (AvgIpc) is 3.46. The second-order valence-electron chi connectivity index (χ2n) is 9.76. The molecule has 0 N–H and O–H groups in total. The summed E-state index contributed by atoms with van der Waals surface area (Å²) in [6.07, 6.45) is 0.545. The molecule has 12 heteroatoms. The monoisotopic (exact) mass is 651 g/mol. The molecular formula is C33H31ClFN3O6S. The van der Waals surface area contributed by atoms with Gasteiger partial charge in [-0.15, -0.1) is 0 Å². The Labute approximate surface area is 267 Å². The normalized spacial score (nSPS) is 14.2. The van der Waals surface area contributed by atoms with Gasteiger partial charge in [0.05, 0.1) is 30.3 Å². The first-order chi connectivity index (χ1) is 21.9. The van der Waals surface area contributed by atoms with Gasteiger partial charge in [0, 0.05) is 18.5 Å². The smallest absolute Gasteiger partial charge is 0.348 e. The van der Waals surface area contributed by atoms with Crippen molar-refractivity contribution in [2.75, 3.05) is 13.2 Å². The van der Waals surface area contributed by atoms with Gasteiger partial charge in [-0.05, 0) is 71.4 Å². The first-order valence-electron chi connectivity index (χ1n) is 14.3. The van der Waals surface area contributed by atoms with E-state index < -0.39 is 28.8 Å². The van der Waals surface area contributed by atoms with Crippen LogP contribution in [0.1, 0.15) is 30.5 Å². The van der Waals surface area contributed by atoms with E-state index in [1.807, 2.05) is 40.3 Å². The summed E-state index contributed by atoms with van der Waals surface area (Å²) in [6.45, 7) is 4.11. The third-order valence-electron chi connectivity index (χ3n) is 6.57. The first kappa shape index (κ1) is 32.1. The summed E-state index contributed by atoms with van der Waals surface area (Å²) in [4.78, 5) is 34.8. The Morgan fingerprint density at radius 2 is 1.73 bits per heavy atom. The highest BCUT2D eigenvalue weighted by Gasteiger charge is 2.34. The summed E-state index contributed by atoms with van der Waals surface area (Å²) in [5.74, 6) is -1.53. The van der Waals surface area contributed by atoms with Crippen molar-refractivity contribution >= 4 is 45.4 Å². The number of hydrogen-bond donors (Lipinski definition) is 0. The van der Waals surface area contributed by atoms with Crippen LogP contribution in [0.4, 0.5) is 10.1 Å². The zero-order valence-electron chi connectivity index (χ0n) is 24.7. The van der Waals surface area contributed by atoms with Gasteiger partial charge in [0.15, 0.2) is 5.49 Å². The van der Waals surface area contributed by atoms with E-state index in [0.29, 0.717) is 40.5 Å². The largest absolute Gasteiger partial charge is 0.487 e. The minimum absolute atomic E-state index is 0.0876. The maximum Gasteiger partial charge on any atom is 0.348 e. The van der Waals surface area contributed by atoms with Crippen LogP contribution in [-0.4, -0.2) is 46.2 Å². The molecule has 2 heterocycles. The van der Waals surface area contributed by atoms with Crippen molar-refractivity contribution in [3.63, 3.8) is 0 Å². The number of fused-ring (bicyclic) bond motifs is 1. The Balaban J connectivity index is 1.47. The van der Waals surface area contributed by atoms with Crippen LogP contribution in [0.5, 0.6) is 5.75 Å². The molecule has 1 atom stereocenters. The van der Waals surface area contributed by atoms with Gasteiger partial charge in [-0.3, -0.25) is 4.18 Å². The second kappa shape index (κ2) is 15.1. The predicted octanol–water partition coefficient (Wildman–Crippen LogP) is 5.95. The van der Waals surface area contributed by atoms with Gasteiger partial charge in [0.1, 0.15) is 23.2 Å². The van der Waals surface area contributed by atoms with Crippen molar-refractivity contribution < 1.29 is 32.4 Å². The van der Waals surface area contributed by atoms with Crippen molar-refractivity contribution in [3.05, 3.63) is 112 Å². The molecule has 0 saturated carbocycles. The molecule has 0 bridgehead atoms. The second-order valence-corrected chi connectivity index (χ2v) is 11.7. The lowest BCUT2D eigenvalue weighted by atomic mass is 10.2. The number of carbonyl (C=O) groups excluding carboxylic acids is 2. The highest BCUT2D eigenvalue weighted by molar-refractivity contribution is 8.11. The molecule has 1 aromatic heterocycles. The molecule has 0 aliphatic carbocycles. The van der Waals surface area contributed by atoms with Crippen molar-refractivity contribution in [2.24, 2.45) is 4.99 Å². The quantitative estimate of drug-likeness (QED) is 0.0808. The first-order valence-corrected chi connectivity index (χ1v) is 15.9. The lowest BCUT2D eigenvalue weighted by molar-refractivity contribution is -0.165. The van der Waals surface area contributed by atoms with Crippen LogP contribution in [0.2, 0.25) is 5.02 Å². The standard InChI is InChI=1S/C33H31ClFN3O6S/c1-3-41-32(39)29(33(40)42-4-2)44-45-16-15-26-30(36-21-38(31(26)45)19-22-9-6-5-7-10-22)37-25-13-14-28(27(34)18-25)43-20-23-11-8-12-24(35)17-23/h5-14,16-18,21,29H,3-4,15,19-20H2,1-2H3. The number of benzene rings is 3. The molecule has 45 heavy (non-hydrogen) atoms. The molecule has 1 aliphatic heterocycles. The highest BCUT2D eigenvalue weighted by Crippen LogP contribution is 2.37. The highest BCUT2D eigenvalue weighted by atomic mass is 35.5. The van der Waals surface area contributed by atoms with E-state index in [9.17, 15) is 14.0 Å². The van der Waals surface area contributed by atoms with Crippen LogP contribution < -0.4 is 10.2 Å². The lowest BCUT2D eigenvalue weighted by Crippen LogP contribution is -2.35. The summed E-state index contributed by atoms with van der Waals surface area (Å²) in [6, 6.07) is 21.1. The van der Waals surface area contributed by atoms with E-state index in [4.69, 9.17) is 35.0 Å². The average molecular weight is 652 g/mol. The van der Waals surface area contributed by atoms with Crippen molar-refractivity contribution in [2.45, 2.75) is 44.5 Å². The number of aromatic nitrogens is 2. The van der Waals surface area contributed by atoms with Gasteiger partial charge >= 0.3 is 11.9 Å². The van der Waals surface area contributed by atoms with Crippen LogP contribution in [0.15, 0.2) is 89.1 Å². The Morgan fingerprint density at radius 1 is 1.00 bits per heavy atom. The maximum absolute atomic E-state index is 13.5. The van der Waals surface area contributed by atoms with Crippen LogP contribution in [0.25, 0.3) is 0 Å². The van der Waals surface area contributed by atoms with E-state index in [-0.39, 0.29) is 25.6 Å². The fraction of sp³-hybridized carbons (Fsp3) is 0.242. The molecule has 0 fully saturated rings. The van der Waals surface area contributed by atoms with Gasteiger partial charge in [0.25, 0.3) is 6.10 Å². The number of carbonyl (C=O) groups is 2. The van der Waals surface area contributed by atoms with Gasteiger partial charge < -0.3 is 18.8 Å². The van der Waals surface area contributed by atoms with Crippen LogP contribution >= 0.6 is 22.4 Å². The fourth-order valence-corrected chi connectivity index (χ4v) is 6.55. The maximum atomic E-state index is 13.5. The molecule has 0 spiro atoms. The molecule has 0 amide bonds. The zero-order chi connectivity index (χ0) is 31.8. The Kier molecular flexibility index (Phi) is 10.8. The van der Waals surface area contributed by atoms with Crippen molar-refractivity contribution in [3.8, 4) is 5.75 Å². The molecule has 1 unspecified atom stereocenters. The third-order valence-corrected chi connectivity index (χ3v) is 8.60. The number of esters is 2. The molecular weight excluding hydrogens is 621 g/mol. The van der Waals surface area contributed by atoms with E-state index in [0.717, 1.165) is 16.2 Å². The number of ether oxygens (including phenoxy) is 3. The Hall–Kier alpha value is -4.32. The summed E-state index contributed by atoms with van der Waals surface area (Å²) in [5, 5.41) is 2.95. The van der Waals surface area contributed by atoms with Gasteiger partial charge in [-0.2, -0.15) is 0 Å². The minimum Gasteiger partial charge on any atom is -0.487 e. The minimum atomic E-state index is -1.55. The molecule has 1 aliphatic rings. The number of nitrogens with zero attached hydrogens (tertiary/aromatic N) is 3. The van der Waals surface area contributed by atoms with Gasteiger partial charge in [-0.25, -0.2) is 24.0 Å². The lowest BCUT2D eigenvalue weighted by Gasteiger charge is -2.20. The summed E-state index contributed by atoms with van der Waals surface area (Å²) in [5.41, 5.74) is 3.47. The number of hydrogen-bond acceptors (Lipinski definition) is 8. The van der Waals surface area contributed by atoms with Gasteiger partial charge in [0.2, 0.25) is 0 Å². The van der Waals surface area contributed by atoms with Crippen LogP contribution in [0, 0.1) is 5.82 Å². The number of rotatable bonds is 12. The molecule has 0 radical (unpaired) electrons. The molecule has 5 rings (SSSR count). The molecule has 3 aromatic carbocycles. The van der Waals surface area contributed by atoms with E-state index in [1.54, 1.807) is 50.5 Å². The Morgan fingerprint density at radius 3 is 2.42 bits per heavy atom. The van der Waals surface area contributed by atoms with Crippen LogP contribution in [0.3, 0.4) is 0 Å². The molecule has 4 aromatic rings. The Bertz CT molecular complexity index is 1780. The summed E-state index contributed by atoms with van der Waals surface area (Å²) >= 11 is 6.52.